The molecule has 3 rings (SSSR count). The molecule has 168 valence electrons. The fourth-order valence-corrected chi connectivity index (χ4v) is 4.59. The van der Waals surface area contributed by atoms with Gasteiger partial charge in [0, 0.05) is 23.7 Å². The van der Waals surface area contributed by atoms with E-state index in [0.29, 0.717) is 10.4 Å². The smallest absolute Gasteiger partial charge is 0.320 e. The second kappa shape index (κ2) is 9.27. The number of aromatic nitrogens is 1. The van der Waals surface area contributed by atoms with Gasteiger partial charge in [0.15, 0.2) is 5.69 Å². The first-order valence-corrected chi connectivity index (χ1v) is 10.8. The highest BCUT2D eigenvalue weighted by molar-refractivity contribution is 7.10. The van der Waals surface area contributed by atoms with E-state index in [4.69, 9.17) is 0 Å². The number of carboxylic acids is 1. The van der Waals surface area contributed by atoms with Crippen molar-refractivity contribution in [2.75, 3.05) is 5.32 Å². The minimum absolute atomic E-state index is 0.263. The van der Waals surface area contributed by atoms with Crippen molar-refractivity contribution in [3.63, 3.8) is 0 Å². The van der Waals surface area contributed by atoms with Gasteiger partial charge in [0.2, 0.25) is 0 Å². The van der Waals surface area contributed by atoms with E-state index < -0.39 is 23.6 Å². The molecule has 0 aliphatic heterocycles. The summed E-state index contributed by atoms with van der Waals surface area (Å²) in [6.07, 6.45) is 1.12. The maximum Gasteiger partial charge on any atom is 0.320 e. The van der Waals surface area contributed by atoms with Crippen LogP contribution in [0.3, 0.4) is 0 Å². The van der Waals surface area contributed by atoms with Crippen LogP contribution in [-0.2, 0) is 11.8 Å². The van der Waals surface area contributed by atoms with E-state index in [1.165, 1.54) is 29.1 Å². The van der Waals surface area contributed by atoms with E-state index in [0.717, 1.165) is 22.3 Å². The van der Waals surface area contributed by atoms with Crippen LogP contribution in [0.4, 0.5) is 10.5 Å². The van der Waals surface area contributed by atoms with Gasteiger partial charge in [0.1, 0.15) is 5.75 Å². The zero-order chi connectivity index (χ0) is 23.6. The summed E-state index contributed by atoms with van der Waals surface area (Å²) >= 11 is 1.35. The van der Waals surface area contributed by atoms with Crippen LogP contribution in [0, 0.1) is 20.8 Å². The van der Waals surface area contributed by atoms with Crippen molar-refractivity contribution in [1.82, 2.24) is 9.88 Å². The fraction of sp³-hybridized carbons (Fsp3) is 0.261. The van der Waals surface area contributed by atoms with Crippen LogP contribution in [0.25, 0.3) is 11.1 Å². The van der Waals surface area contributed by atoms with Crippen molar-refractivity contribution >= 4 is 29.0 Å². The molecule has 0 aliphatic rings. The van der Waals surface area contributed by atoms with Gasteiger partial charge < -0.3 is 25.4 Å². The number of rotatable bonds is 6. The Bertz CT molecular complexity index is 1220. The number of amides is 2. The Morgan fingerprint density at radius 2 is 1.81 bits per heavy atom. The summed E-state index contributed by atoms with van der Waals surface area (Å²) in [6, 6.07) is 6.27. The molecule has 3 aromatic rings. The normalized spacial score (nSPS) is 11.8. The highest BCUT2D eigenvalue weighted by atomic mass is 32.1. The average Bonchev–Trinajstić information content (AvgIpc) is 3.18. The number of carboxylic acid groups (broad SMARTS) is 1. The van der Waals surface area contributed by atoms with Gasteiger partial charge in [-0.25, -0.2) is 4.79 Å². The molecule has 0 aliphatic carbocycles. The molecule has 1 atom stereocenters. The number of hydrogen-bond donors (Lipinski definition) is 4. The second-order valence-corrected chi connectivity index (χ2v) is 8.65. The third kappa shape index (κ3) is 4.83. The Kier molecular flexibility index (Phi) is 6.69. The highest BCUT2D eigenvalue weighted by Gasteiger charge is 2.22. The summed E-state index contributed by atoms with van der Waals surface area (Å²) < 4.78 is 1.25. The Morgan fingerprint density at radius 3 is 2.44 bits per heavy atom. The number of pyridine rings is 1. The van der Waals surface area contributed by atoms with Gasteiger partial charge in [-0.15, -0.1) is 11.3 Å². The van der Waals surface area contributed by atoms with Crippen molar-refractivity contribution in [1.29, 1.82) is 0 Å². The molecule has 0 bridgehead atoms. The third-order valence-corrected chi connectivity index (χ3v) is 6.23. The quantitative estimate of drug-likeness (QED) is 0.446. The van der Waals surface area contributed by atoms with Crippen LogP contribution in [0.1, 0.15) is 34.0 Å². The summed E-state index contributed by atoms with van der Waals surface area (Å²) in [4.78, 5) is 37.0. The number of hydrogen-bond acceptors (Lipinski definition) is 5. The first-order valence-electron chi connectivity index (χ1n) is 9.92. The molecule has 2 heterocycles. The van der Waals surface area contributed by atoms with Crippen LogP contribution >= 0.6 is 11.3 Å². The number of aliphatic carboxylic acids is 1. The number of anilines is 1. The van der Waals surface area contributed by atoms with Crippen molar-refractivity contribution in [3.05, 3.63) is 67.8 Å². The lowest BCUT2D eigenvalue weighted by molar-refractivity contribution is -0.137. The number of nitrogens with zero attached hydrogens (tertiary/aromatic N) is 1. The molecule has 0 saturated carbocycles. The maximum absolute atomic E-state index is 12.6. The lowest BCUT2D eigenvalue weighted by atomic mass is 9.97. The molecule has 0 spiro atoms. The SMILES string of the molecule is Cc1cn(C)c(=O)c(NC(=O)N[C@@H](CC(=O)O)c2cc(-c3c(C)cccc3C)cs2)c1O. The largest absolute Gasteiger partial charge is 0.505 e. The molecule has 2 aromatic heterocycles. The molecule has 0 unspecified atom stereocenters. The number of thiophene rings is 1. The van der Waals surface area contributed by atoms with Gasteiger partial charge in [-0.05, 0) is 54.5 Å². The van der Waals surface area contributed by atoms with Crippen LogP contribution in [-0.4, -0.2) is 26.8 Å². The van der Waals surface area contributed by atoms with Crippen LogP contribution in [0.2, 0.25) is 0 Å². The van der Waals surface area contributed by atoms with Crippen LogP contribution in [0.15, 0.2) is 40.6 Å². The minimum Gasteiger partial charge on any atom is -0.505 e. The van der Waals surface area contributed by atoms with Gasteiger partial charge in [0.05, 0.1) is 12.5 Å². The monoisotopic (exact) mass is 455 g/mol. The molecule has 0 radical (unpaired) electrons. The van der Waals surface area contributed by atoms with Gasteiger partial charge in [-0.2, -0.15) is 0 Å². The van der Waals surface area contributed by atoms with Crippen LogP contribution < -0.4 is 16.2 Å². The van der Waals surface area contributed by atoms with Gasteiger partial charge in [0.25, 0.3) is 5.56 Å². The highest BCUT2D eigenvalue weighted by Crippen LogP contribution is 2.34. The fourth-order valence-electron chi connectivity index (χ4n) is 3.64. The topological polar surface area (TPSA) is 121 Å². The molecule has 9 heteroatoms. The van der Waals surface area contributed by atoms with E-state index in [1.54, 1.807) is 6.92 Å². The number of carbonyl (C=O) groups is 2. The predicted octanol–water partition coefficient (Wildman–Crippen LogP) is 4.08. The Hall–Kier alpha value is -3.59. The number of nitrogens with one attached hydrogen (secondary N) is 2. The van der Waals surface area contributed by atoms with Gasteiger partial charge >= 0.3 is 12.0 Å². The molecule has 8 nitrogen and oxygen atoms in total. The summed E-state index contributed by atoms with van der Waals surface area (Å²) in [5, 5.41) is 26.5. The lowest BCUT2D eigenvalue weighted by Crippen LogP contribution is -2.35. The molecule has 0 fully saturated rings. The summed E-state index contributed by atoms with van der Waals surface area (Å²) in [7, 11) is 1.51. The zero-order valence-corrected chi connectivity index (χ0v) is 19.0. The van der Waals surface area contributed by atoms with Crippen molar-refractivity contribution in [2.45, 2.75) is 33.2 Å². The Balaban J connectivity index is 1.88. The van der Waals surface area contributed by atoms with E-state index in [1.807, 2.05) is 43.5 Å². The molecule has 0 saturated heterocycles. The molecular weight excluding hydrogens is 430 g/mol. The number of aryl methyl sites for hydroxylation is 4. The lowest BCUT2D eigenvalue weighted by Gasteiger charge is -2.17. The van der Waals surface area contributed by atoms with E-state index in [-0.39, 0.29) is 17.9 Å². The Labute approximate surface area is 189 Å². The average molecular weight is 456 g/mol. The molecule has 2 amide bonds. The predicted molar refractivity (Wildman–Crippen MR) is 124 cm³/mol. The standard InChI is InChI=1S/C23H25N3O5S/c1-12-6-5-7-13(2)19(12)15-8-17(32-11-15)16(9-18(27)28)24-23(31)25-20-21(29)14(3)10-26(4)22(20)30/h5-8,10-11,16,29H,9H2,1-4H3,(H,27,28)(H2,24,25,31)/t16-/m0/s1. The number of urea groups is 1. The number of benzene rings is 1. The van der Waals surface area contributed by atoms with Crippen molar-refractivity contribution in [2.24, 2.45) is 7.05 Å². The summed E-state index contributed by atoms with van der Waals surface area (Å²) in [5.74, 6) is -1.40. The van der Waals surface area contributed by atoms with Crippen molar-refractivity contribution < 1.29 is 19.8 Å². The molecular formula is C23H25N3O5S. The summed E-state index contributed by atoms with van der Waals surface area (Å²) in [5.41, 5.74) is 3.79. The van der Waals surface area contributed by atoms with E-state index >= 15 is 0 Å². The minimum atomic E-state index is -1.08. The third-order valence-electron chi connectivity index (χ3n) is 5.19. The van der Waals surface area contributed by atoms with E-state index in [2.05, 4.69) is 10.6 Å². The zero-order valence-electron chi connectivity index (χ0n) is 18.2. The van der Waals surface area contributed by atoms with Crippen molar-refractivity contribution in [3.8, 4) is 16.9 Å². The molecule has 4 N–H and O–H groups in total. The van der Waals surface area contributed by atoms with Gasteiger partial charge in [-0.3, -0.25) is 9.59 Å². The van der Waals surface area contributed by atoms with E-state index in [9.17, 15) is 24.6 Å². The second-order valence-electron chi connectivity index (χ2n) is 7.71. The first kappa shape index (κ1) is 23.1. The maximum atomic E-state index is 12.6. The first-order chi connectivity index (χ1) is 15.1. The number of carbonyl (C=O) groups excluding carboxylic acids is 1. The van der Waals surface area contributed by atoms with Gasteiger partial charge in [-0.1, -0.05) is 18.2 Å². The van der Waals surface area contributed by atoms with Crippen LogP contribution in [0.5, 0.6) is 5.75 Å². The Morgan fingerprint density at radius 1 is 1.16 bits per heavy atom. The number of aromatic hydroxyl groups is 1. The molecule has 1 aromatic carbocycles. The summed E-state index contributed by atoms with van der Waals surface area (Å²) in [6.45, 7) is 5.62. The molecule has 32 heavy (non-hydrogen) atoms.